The molecule has 3 aromatic rings. The number of benzene rings is 3. The van der Waals surface area contributed by atoms with E-state index in [0.29, 0.717) is 10.5 Å². The third kappa shape index (κ3) is 6.07. The van der Waals surface area contributed by atoms with Gasteiger partial charge in [-0.15, -0.1) is 0 Å². The summed E-state index contributed by atoms with van der Waals surface area (Å²) < 4.78 is 0.959. The van der Waals surface area contributed by atoms with Crippen molar-refractivity contribution in [1.29, 1.82) is 0 Å². The number of ketones is 1. The van der Waals surface area contributed by atoms with E-state index in [0.717, 1.165) is 32.9 Å². The fourth-order valence-corrected chi connectivity index (χ4v) is 5.49. The Morgan fingerprint density at radius 2 is 1.61 bits per heavy atom. The predicted octanol–water partition coefficient (Wildman–Crippen LogP) is 6.24. The number of carbonyl (C=O) groups is 3. The number of hydrogen-bond donors (Lipinski definition) is 1. The van der Waals surface area contributed by atoms with Gasteiger partial charge >= 0.3 is 5.97 Å². The molecule has 1 fully saturated rings. The summed E-state index contributed by atoms with van der Waals surface area (Å²) in [7, 11) is 0. The lowest BCUT2D eigenvalue weighted by molar-refractivity contribution is -0.145. The summed E-state index contributed by atoms with van der Waals surface area (Å²) in [6.45, 7) is 0. The van der Waals surface area contributed by atoms with Crippen LogP contribution >= 0.6 is 39.9 Å². The average Bonchev–Trinajstić information content (AvgIpc) is 3.15. The minimum atomic E-state index is -1.11. The highest BCUT2D eigenvalue weighted by atomic mass is 79.9. The van der Waals surface area contributed by atoms with Crippen LogP contribution in [0, 0.1) is 0 Å². The second kappa shape index (κ2) is 11.6. The molecule has 8 heteroatoms. The van der Waals surface area contributed by atoms with Crippen molar-refractivity contribution in [3.63, 3.8) is 0 Å². The molecule has 1 N–H and O–H groups in total. The number of carboxylic acid groups (broad SMARTS) is 1. The zero-order valence-corrected chi connectivity index (χ0v) is 22.1. The Morgan fingerprint density at radius 1 is 0.972 bits per heavy atom. The van der Waals surface area contributed by atoms with Gasteiger partial charge in [0.15, 0.2) is 5.78 Å². The second-order valence-corrected chi connectivity index (χ2v) is 10.5. The Hall–Kier alpha value is -3.33. The van der Waals surface area contributed by atoms with Crippen LogP contribution in [0.25, 0.3) is 12.2 Å². The van der Waals surface area contributed by atoms with Crippen LogP contribution in [0.4, 0.5) is 0 Å². The predicted molar refractivity (Wildman–Crippen MR) is 151 cm³/mol. The van der Waals surface area contributed by atoms with Gasteiger partial charge in [-0.2, -0.15) is 0 Å². The largest absolute Gasteiger partial charge is 0.480 e. The molecular weight excluding hydrogens is 558 g/mol. The zero-order chi connectivity index (χ0) is 25.7. The number of hydrogen-bond acceptors (Lipinski definition) is 5. The highest BCUT2D eigenvalue weighted by molar-refractivity contribution is 9.10. The van der Waals surface area contributed by atoms with E-state index in [2.05, 4.69) is 15.9 Å². The first kappa shape index (κ1) is 25.8. The molecular formula is C28H20BrNO4S2. The molecule has 1 aliphatic rings. The van der Waals surface area contributed by atoms with E-state index in [-0.39, 0.29) is 16.5 Å². The maximum atomic E-state index is 13.1. The van der Waals surface area contributed by atoms with Gasteiger partial charge in [0.25, 0.3) is 5.91 Å². The number of carboxylic acids is 1. The minimum Gasteiger partial charge on any atom is -0.480 e. The van der Waals surface area contributed by atoms with Crippen molar-refractivity contribution in [3.8, 4) is 0 Å². The fraction of sp³-hybridized carbons (Fsp3) is 0.0714. The molecule has 1 heterocycles. The van der Waals surface area contributed by atoms with Gasteiger partial charge in [0, 0.05) is 16.5 Å². The van der Waals surface area contributed by atoms with Crippen LogP contribution in [0.5, 0.6) is 0 Å². The van der Waals surface area contributed by atoms with Crippen molar-refractivity contribution in [1.82, 2.24) is 4.90 Å². The van der Waals surface area contributed by atoms with Crippen LogP contribution in [0.15, 0.2) is 94.3 Å². The first-order valence-corrected chi connectivity index (χ1v) is 13.0. The molecule has 0 aliphatic carbocycles. The third-order valence-electron chi connectivity index (χ3n) is 5.49. The van der Waals surface area contributed by atoms with Crippen LogP contribution in [-0.4, -0.2) is 38.0 Å². The highest BCUT2D eigenvalue weighted by Gasteiger charge is 2.40. The van der Waals surface area contributed by atoms with Crippen LogP contribution in [0.2, 0.25) is 0 Å². The molecule has 1 amide bonds. The molecule has 0 aromatic heterocycles. The van der Waals surface area contributed by atoms with Gasteiger partial charge in [-0.25, -0.2) is 4.79 Å². The Kier molecular flexibility index (Phi) is 8.30. The molecule has 1 saturated heterocycles. The van der Waals surface area contributed by atoms with Crippen molar-refractivity contribution in [2.24, 2.45) is 0 Å². The van der Waals surface area contributed by atoms with E-state index in [1.807, 2.05) is 72.8 Å². The molecule has 4 rings (SSSR count). The standard InChI is InChI=1S/C28H20BrNO4S2/c29-22-9-5-4-8-21(22)24(31)15-14-18-10-12-20(13-11-18)17-25-26(32)30(28(35)36-25)23(27(33)34)16-19-6-2-1-3-7-19/h1-15,17,23H,16H2,(H,33,34)/b15-14+,25-17-. The smallest absolute Gasteiger partial charge is 0.327 e. The number of rotatable bonds is 8. The van der Waals surface area contributed by atoms with Gasteiger partial charge in [-0.05, 0) is 41.0 Å². The highest BCUT2D eigenvalue weighted by Crippen LogP contribution is 2.35. The molecule has 5 nitrogen and oxygen atoms in total. The molecule has 1 aliphatic heterocycles. The van der Waals surface area contributed by atoms with Gasteiger partial charge in [-0.3, -0.25) is 14.5 Å². The van der Waals surface area contributed by atoms with Crippen molar-refractivity contribution >= 4 is 74.0 Å². The van der Waals surface area contributed by atoms with Crippen molar-refractivity contribution in [3.05, 3.63) is 117 Å². The van der Waals surface area contributed by atoms with Crippen LogP contribution in [0.1, 0.15) is 27.0 Å². The van der Waals surface area contributed by atoms with Crippen LogP contribution in [-0.2, 0) is 16.0 Å². The molecule has 180 valence electrons. The molecule has 36 heavy (non-hydrogen) atoms. The average molecular weight is 579 g/mol. The number of aliphatic carboxylic acids is 1. The lowest BCUT2D eigenvalue weighted by Gasteiger charge is -2.23. The van der Waals surface area contributed by atoms with Gasteiger partial charge in [0.05, 0.1) is 4.91 Å². The number of thioether (sulfide) groups is 1. The normalized spacial score (nSPS) is 15.6. The molecule has 0 spiro atoms. The lowest BCUT2D eigenvalue weighted by atomic mass is 10.0. The Balaban J connectivity index is 1.47. The molecule has 1 unspecified atom stereocenters. The second-order valence-electron chi connectivity index (χ2n) is 7.94. The van der Waals surface area contributed by atoms with E-state index in [4.69, 9.17) is 12.2 Å². The van der Waals surface area contributed by atoms with Crippen LogP contribution < -0.4 is 0 Å². The first-order valence-electron chi connectivity index (χ1n) is 10.9. The number of halogens is 1. The minimum absolute atomic E-state index is 0.112. The monoisotopic (exact) mass is 577 g/mol. The summed E-state index contributed by atoms with van der Waals surface area (Å²) in [4.78, 5) is 39.1. The number of thiocarbonyl (C=S) groups is 1. The van der Waals surface area contributed by atoms with E-state index < -0.39 is 17.9 Å². The maximum absolute atomic E-state index is 13.1. The van der Waals surface area contributed by atoms with E-state index >= 15 is 0 Å². The Morgan fingerprint density at radius 3 is 2.28 bits per heavy atom. The SMILES string of the molecule is O=C(/C=C/c1ccc(/C=C2\SC(=S)N(C(Cc3ccccc3)C(=O)O)C2=O)cc1)c1ccccc1Br. The Bertz CT molecular complexity index is 1380. The van der Waals surface area contributed by atoms with Crippen molar-refractivity contribution in [2.75, 3.05) is 0 Å². The number of amides is 1. The number of nitrogens with zero attached hydrogens (tertiary/aromatic N) is 1. The van der Waals surface area contributed by atoms with E-state index in [9.17, 15) is 19.5 Å². The van der Waals surface area contributed by atoms with Crippen molar-refractivity contribution < 1.29 is 19.5 Å². The molecule has 0 saturated carbocycles. The fourth-order valence-electron chi connectivity index (χ4n) is 3.65. The first-order chi connectivity index (χ1) is 17.3. The topological polar surface area (TPSA) is 74.7 Å². The third-order valence-corrected chi connectivity index (χ3v) is 7.51. The molecule has 1 atom stereocenters. The summed E-state index contributed by atoms with van der Waals surface area (Å²) in [6, 6.07) is 22.6. The Labute approximate surface area is 226 Å². The summed E-state index contributed by atoms with van der Waals surface area (Å²) in [6.07, 6.45) is 5.10. The van der Waals surface area contributed by atoms with Crippen LogP contribution in [0.3, 0.4) is 0 Å². The molecule has 0 radical (unpaired) electrons. The zero-order valence-electron chi connectivity index (χ0n) is 18.8. The summed E-state index contributed by atoms with van der Waals surface area (Å²) in [5.74, 6) is -1.64. The quantitative estimate of drug-likeness (QED) is 0.194. The summed E-state index contributed by atoms with van der Waals surface area (Å²) in [5.41, 5.74) is 2.98. The number of carbonyl (C=O) groups excluding carboxylic acids is 2. The van der Waals surface area contributed by atoms with Gasteiger partial charge in [0.2, 0.25) is 0 Å². The van der Waals surface area contributed by atoms with Gasteiger partial charge < -0.3 is 5.11 Å². The summed E-state index contributed by atoms with van der Waals surface area (Å²) >= 11 is 9.85. The summed E-state index contributed by atoms with van der Waals surface area (Å²) in [5, 5.41) is 9.80. The van der Waals surface area contributed by atoms with Crippen molar-refractivity contribution in [2.45, 2.75) is 12.5 Å². The maximum Gasteiger partial charge on any atom is 0.327 e. The van der Waals surface area contributed by atoms with Gasteiger partial charge in [-0.1, -0.05) is 113 Å². The van der Waals surface area contributed by atoms with E-state index in [1.165, 1.54) is 11.0 Å². The lowest BCUT2D eigenvalue weighted by Crippen LogP contribution is -2.45. The van der Waals surface area contributed by atoms with Gasteiger partial charge in [0.1, 0.15) is 10.4 Å². The number of allylic oxidation sites excluding steroid dienone is 1. The van der Waals surface area contributed by atoms with E-state index in [1.54, 1.807) is 18.2 Å². The molecule has 3 aromatic carbocycles. The molecule has 0 bridgehead atoms.